The largest absolute Gasteiger partial charge is 0.437 e. The highest BCUT2D eigenvalue weighted by molar-refractivity contribution is 5.97. The van der Waals surface area contributed by atoms with Crippen molar-refractivity contribution in [1.82, 2.24) is 9.97 Å². The highest BCUT2D eigenvalue weighted by Crippen LogP contribution is 2.23. The molecule has 0 saturated heterocycles. The van der Waals surface area contributed by atoms with Crippen molar-refractivity contribution >= 4 is 5.84 Å². The Hall–Kier alpha value is -2.63. The van der Waals surface area contributed by atoms with Gasteiger partial charge in [-0.3, -0.25) is 0 Å². The molecule has 0 aliphatic rings. The van der Waals surface area contributed by atoms with Gasteiger partial charge in [0.15, 0.2) is 11.5 Å². The molecule has 0 unspecified atom stereocenters. The number of rotatable bonds is 3. The van der Waals surface area contributed by atoms with Gasteiger partial charge in [-0.25, -0.2) is 9.97 Å². The number of hydrogen-bond donors (Lipinski definition) is 2. The Morgan fingerprint density at radius 2 is 1.79 bits per heavy atom. The molecule has 0 aliphatic heterocycles. The van der Waals surface area contributed by atoms with Crippen LogP contribution in [0.1, 0.15) is 16.8 Å². The van der Waals surface area contributed by atoms with E-state index in [0.29, 0.717) is 5.75 Å². The van der Waals surface area contributed by atoms with E-state index in [1.807, 2.05) is 32.0 Å². The molecule has 2 rings (SSSR count). The van der Waals surface area contributed by atoms with E-state index in [2.05, 4.69) is 15.1 Å². The molecule has 1 aromatic heterocycles. The summed E-state index contributed by atoms with van der Waals surface area (Å²) in [5.74, 6) is 0.681. The van der Waals surface area contributed by atoms with Crippen LogP contribution in [0.4, 0.5) is 0 Å². The SMILES string of the molecule is Cc1cc(C)cc(Oc2nccnc2C(N)=NO)c1. The van der Waals surface area contributed by atoms with Crippen LogP contribution in [0, 0.1) is 13.8 Å². The maximum absolute atomic E-state index is 8.71. The van der Waals surface area contributed by atoms with E-state index < -0.39 is 0 Å². The molecule has 1 heterocycles. The summed E-state index contributed by atoms with van der Waals surface area (Å²) in [5, 5.41) is 11.6. The monoisotopic (exact) mass is 258 g/mol. The van der Waals surface area contributed by atoms with Crippen molar-refractivity contribution in [3.8, 4) is 11.6 Å². The molecule has 0 saturated carbocycles. The summed E-state index contributed by atoms with van der Waals surface area (Å²) >= 11 is 0. The van der Waals surface area contributed by atoms with Crippen LogP contribution in [-0.4, -0.2) is 21.0 Å². The Morgan fingerprint density at radius 1 is 1.16 bits per heavy atom. The van der Waals surface area contributed by atoms with E-state index in [9.17, 15) is 0 Å². The summed E-state index contributed by atoms with van der Waals surface area (Å²) in [6, 6.07) is 5.78. The third-order valence-corrected chi connectivity index (χ3v) is 2.42. The average Bonchev–Trinajstić information content (AvgIpc) is 2.37. The summed E-state index contributed by atoms with van der Waals surface area (Å²) in [7, 11) is 0. The molecule has 1 aromatic carbocycles. The molecule has 2 aromatic rings. The van der Waals surface area contributed by atoms with Crippen molar-refractivity contribution in [2.75, 3.05) is 0 Å². The van der Waals surface area contributed by atoms with Gasteiger partial charge in [-0.15, -0.1) is 0 Å². The van der Waals surface area contributed by atoms with Crippen LogP contribution in [0.2, 0.25) is 0 Å². The van der Waals surface area contributed by atoms with Crippen molar-refractivity contribution in [3.63, 3.8) is 0 Å². The van der Waals surface area contributed by atoms with Gasteiger partial charge in [0.2, 0.25) is 5.88 Å². The third kappa shape index (κ3) is 2.98. The van der Waals surface area contributed by atoms with Crippen LogP contribution in [0.25, 0.3) is 0 Å². The van der Waals surface area contributed by atoms with Crippen molar-refractivity contribution in [2.45, 2.75) is 13.8 Å². The van der Waals surface area contributed by atoms with Crippen molar-refractivity contribution in [1.29, 1.82) is 0 Å². The molecule has 19 heavy (non-hydrogen) atoms. The minimum absolute atomic E-state index is 0.146. The molecule has 3 N–H and O–H groups in total. The van der Waals surface area contributed by atoms with Crippen LogP contribution in [0.15, 0.2) is 35.7 Å². The number of aryl methyl sites for hydroxylation is 2. The van der Waals surface area contributed by atoms with E-state index in [-0.39, 0.29) is 17.4 Å². The number of ether oxygens (including phenoxy) is 1. The number of hydrogen-bond acceptors (Lipinski definition) is 5. The molecule has 0 bridgehead atoms. The number of aromatic nitrogens is 2. The molecule has 98 valence electrons. The van der Waals surface area contributed by atoms with E-state index >= 15 is 0 Å². The summed E-state index contributed by atoms with van der Waals surface area (Å²) in [6.07, 6.45) is 2.92. The Labute approximate surface area is 110 Å². The predicted molar refractivity (Wildman–Crippen MR) is 70.5 cm³/mol. The van der Waals surface area contributed by atoms with Crippen LogP contribution in [0.5, 0.6) is 11.6 Å². The van der Waals surface area contributed by atoms with Crippen LogP contribution >= 0.6 is 0 Å². The number of oxime groups is 1. The molecular formula is C13H14N4O2. The zero-order valence-electron chi connectivity index (χ0n) is 10.7. The maximum atomic E-state index is 8.71. The lowest BCUT2D eigenvalue weighted by Gasteiger charge is -2.09. The lowest BCUT2D eigenvalue weighted by molar-refractivity contribution is 0.318. The van der Waals surface area contributed by atoms with Crippen LogP contribution in [-0.2, 0) is 0 Å². The van der Waals surface area contributed by atoms with Gasteiger partial charge in [0, 0.05) is 12.4 Å². The first-order valence-corrected chi connectivity index (χ1v) is 5.65. The quantitative estimate of drug-likeness (QED) is 0.380. The first-order valence-electron chi connectivity index (χ1n) is 5.65. The Bertz CT molecular complexity index is 606. The zero-order chi connectivity index (χ0) is 13.8. The first kappa shape index (κ1) is 12.8. The number of nitrogens with zero attached hydrogens (tertiary/aromatic N) is 3. The van der Waals surface area contributed by atoms with Gasteiger partial charge in [0.1, 0.15) is 5.75 Å². The molecule has 6 nitrogen and oxygen atoms in total. The number of nitrogens with two attached hydrogens (primary N) is 1. The van der Waals surface area contributed by atoms with E-state index in [4.69, 9.17) is 15.7 Å². The van der Waals surface area contributed by atoms with Gasteiger partial charge in [-0.05, 0) is 37.1 Å². The van der Waals surface area contributed by atoms with Crippen molar-refractivity contribution < 1.29 is 9.94 Å². The van der Waals surface area contributed by atoms with E-state index in [1.54, 1.807) is 0 Å². The topological polar surface area (TPSA) is 93.6 Å². The van der Waals surface area contributed by atoms with Gasteiger partial charge in [-0.2, -0.15) is 0 Å². The molecule has 0 aliphatic carbocycles. The first-order chi connectivity index (χ1) is 9.10. The molecular weight excluding hydrogens is 244 g/mol. The second kappa shape index (κ2) is 5.34. The van der Waals surface area contributed by atoms with Gasteiger partial charge in [-0.1, -0.05) is 11.2 Å². The normalized spacial score (nSPS) is 11.4. The van der Waals surface area contributed by atoms with E-state index in [0.717, 1.165) is 11.1 Å². The highest BCUT2D eigenvalue weighted by Gasteiger charge is 2.12. The van der Waals surface area contributed by atoms with E-state index in [1.165, 1.54) is 12.4 Å². The fraction of sp³-hybridized carbons (Fsp3) is 0.154. The standard InChI is InChI=1S/C13H14N4O2/c1-8-5-9(2)7-10(6-8)19-13-11(12(14)17-18)15-3-4-16-13/h3-7,18H,1-2H3,(H2,14,17). The van der Waals surface area contributed by atoms with Gasteiger partial charge < -0.3 is 15.7 Å². The second-order valence-corrected chi connectivity index (χ2v) is 4.12. The molecule has 6 heteroatoms. The second-order valence-electron chi connectivity index (χ2n) is 4.12. The number of amidine groups is 1. The number of benzene rings is 1. The molecule has 0 fully saturated rings. The third-order valence-electron chi connectivity index (χ3n) is 2.42. The Balaban J connectivity index is 2.38. The van der Waals surface area contributed by atoms with Crippen molar-refractivity contribution in [2.24, 2.45) is 10.9 Å². The van der Waals surface area contributed by atoms with Gasteiger partial charge >= 0.3 is 0 Å². The summed E-state index contributed by atoms with van der Waals surface area (Å²) in [4.78, 5) is 8.03. The van der Waals surface area contributed by atoms with Gasteiger partial charge in [0.25, 0.3) is 0 Å². The Morgan fingerprint density at radius 3 is 2.42 bits per heavy atom. The molecule has 0 atom stereocenters. The minimum atomic E-state index is -0.146. The highest BCUT2D eigenvalue weighted by atomic mass is 16.5. The van der Waals surface area contributed by atoms with Crippen LogP contribution < -0.4 is 10.5 Å². The predicted octanol–water partition coefficient (Wildman–Crippen LogP) is 1.98. The van der Waals surface area contributed by atoms with Crippen molar-refractivity contribution in [3.05, 3.63) is 47.4 Å². The zero-order valence-corrected chi connectivity index (χ0v) is 10.7. The lowest BCUT2D eigenvalue weighted by Crippen LogP contribution is -2.16. The maximum Gasteiger partial charge on any atom is 0.249 e. The molecule has 0 spiro atoms. The molecule has 0 radical (unpaired) electrons. The fourth-order valence-electron chi connectivity index (χ4n) is 1.73. The summed E-state index contributed by atoms with van der Waals surface area (Å²) < 4.78 is 5.65. The van der Waals surface area contributed by atoms with Gasteiger partial charge in [0.05, 0.1) is 0 Å². The summed E-state index contributed by atoms with van der Waals surface area (Å²) in [6.45, 7) is 3.95. The lowest BCUT2D eigenvalue weighted by atomic mass is 10.1. The molecule has 0 amide bonds. The minimum Gasteiger partial charge on any atom is -0.437 e. The average molecular weight is 258 g/mol. The van der Waals surface area contributed by atoms with Crippen LogP contribution in [0.3, 0.4) is 0 Å². The Kier molecular flexibility index (Phi) is 3.61. The fourth-order valence-corrected chi connectivity index (χ4v) is 1.73. The summed E-state index contributed by atoms with van der Waals surface area (Å²) in [5.41, 5.74) is 7.87. The smallest absolute Gasteiger partial charge is 0.249 e.